The molecule has 0 spiro atoms. The maximum atomic E-state index is 12.6. The van der Waals surface area contributed by atoms with Crippen LogP contribution >= 0.6 is 0 Å². The zero-order chi connectivity index (χ0) is 15.0. The van der Waals surface area contributed by atoms with Crippen LogP contribution < -0.4 is 5.32 Å². The molecule has 1 unspecified atom stereocenters. The molecule has 0 bridgehead atoms. The van der Waals surface area contributed by atoms with Crippen LogP contribution in [0.1, 0.15) is 57.1 Å². The third-order valence-electron chi connectivity index (χ3n) is 3.40. The summed E-state index contributed by atoms with van der Waals surface area (Å²) in [7, 11) is 0. The lowest BCUT2D eigenvalue weighted by molar-refractivity contribution is -0.137. The van der Waals surface area contributed by atoms with Crippen molar-refractivity contribution in [3.63, 3.8) is 0 Å². The first-order valence-electron chi connectivity index (χ1n) is 7.33. The number of unbranched alkanes of at least 4 members (excludes halogenated alkanes) is 3. The largest absolute Gasteiger partial charge is 0.416 e. The summed E-state index contributed by atoms with van der Waals surface area (Å²) in [4.78, 5) is 0. The van der Waals surface area contributed by atoms with Gasteiger partial charge in [0.25, 0.3) is 0 Å². The number of alkyl halides is 3. The predicted molar refractivity (Wildman–Crippen MR) is 76.5 cm³/mol. The second-order valence-electron chi connectivity index (χ2n) is 5.33. The van der Waals surface area contributed by atoms with Crippen molar-refractivity contribution in [2.75, 3.05) is 0 Å². The first-order chi connectivity index (χ1) is 9.43. The molecule has 1 aromatic carbocycles. The van der Waals surface area contributed by atoms with Crippen molar-refractivity contribution < 1.29 is 13.2 Å². The lowest BCUT2D eigenvalue weighted by Gasteiger charge is -2.14. The second-order valence-corrected chi connectivity index (χ2v) is 5.33. The zero-order valence-electron chi connectivity index (χ0n) is 12.3. The number of benzene rings is 1. The molecule has 1 N–H and O–H groups in total. The highest BCUT2D eigenvalue weighted by molar-refractivity contribution is 5.25. The number of nitrogens with one attached hydrogen (secondary N) is 1. The van der Waals surface area contributed by atoms with E-state index in [1.807, 2.05) is 0 Å². The Morgan fingerprint density at radius 3 is 2.55 bits per heavy atom. The van der Waals surface area contributed by atoms with Gasteiger partial charge in [0.2, 0.25) is 0 Å². The van der Waals surface area contributed by atoms with Crippen molar-refractivity contribution in [1.29, 1.82) is 0 Å². The SMILES string of the molecule is CCCCCCC(C)NCc1cccc(C(F)(F)F)c1. The van der Waals surface area contributed by atoms with Gasteiger partial charge in [-0.15, -0.1) is 0 Å². The molecular weight excluding hydrogens is 263 g/mol. The van der Waals surface area contributed by atoms with Gasteiger partial charge in [-0.3, -0.25) is 0 Å². The van der Waals surface area contributed by atoms with Gasteiger partial charge in [-0.25, -0.2) is 0 Å². The van der Waals surface area contributed by atoms with Gasteiger partial charge in [0, 0.05) is 12.6 Å². The Morgan fingerprint density at radius 1 is 1.15 bits per heavy atom. The summed E-state index contributed by atoms with van der Waals surface area (Å²) in [6, 6.07) is 5.85. The normalized spacial score (nSPS) is 13.4. The minimum absolute atomic E-state index is 0.335. The first-order valence-corrected chi connectivity index (χ1v) is 7.33. The molecule has 0 saturated heterocycles. The second kappa shape index (κ2) is 8.30. The summed E-state index contributed by atoms with van der Waals surface area (Å²) in [5, 5.41) is 3.29. The number of hydrogen-bond donors (Lipinski definition) is 1. The highest BCUT2D eigenvalue weighted by atomic mass is 19.4. The molecule has 1 atom stereocenters. The average molecular weight is 287 g/mol. The summed E-state index contributed by atoms with van der Waals surface area (Å²) in [5.74, 6) is 0. The van der Waals surface area contributed by atoms with Crippen LogP contribution in [0.5, 0.6) is 0 Å². The molecule has 0 aliphatic rings. The van der Waals surface area contributed by atoms with E-state index in [9.17, 15) is 13.2 Å². The molecule has 0 radical (unpaired) electrons. The van der Waals surface area contributed by atoms with Crippen molar-refractivity contribution in [3.05, 3.63) is 35.4 Å². The van der Waals surface area contributed by atoms with Gasteiger partial charge in [0.1, 0.15) is 0 Å². The molecule has 114 valence electrons. The fourth-order valence-corrected chi connectivity index (χ4v) is 2.13. The highest BCUT2D eigenvalue weighted by Crippen LogP contribution is 2.29. The summed E-state index contributed by atoms with van der Waals surface area (Å²) in [6.45, 7) is 4.74. The number of halogens is 3. The van der Waals surface area contributed by atoms with Crippen molar-refractivity contribution >= 4 is 0 Å². The zero-order valence-corrected chi connectivity index (χ0v) is 12.3. The fraction of sp³-hybridized carbons (Fsp3) is 0.625. The molecule has 0 aliphatic heterocycles. The topological polar surface area (TPSA) is 12.0 Å². The van der Waals surface area contributed by atoms with Crippen LogP contribution in [-0.2, 0) is 12.7 Å². The molecule has 1 rings (SSSR count). The van der Waals surface area contributed by atoms with Crippen LogP contribution in [0.15, 0.2) is 24.3 Å². The molecule has 0 aliphatic carbocycles. The van der Waals surface area contributed by atoms with Gasteiger partial charge in [-0.05, 0) is 25.0 Å². The van der Waals surface area contributed by atoms with E-state index >= 15 is 0 Å². The third-order valence-corrected chi connectivity index (χ3v) is 3.40. The van der Waals surface area contributed by atoms with Crippen LogP contribution in [0.3, 0.4) is 0 Å². The van der Waals surface area contributed by atoms with Gasteiger partial charge < -0.3 is 5.32 Å². The van der Waals surface area contributed by atoms with Gasteiger partial charge in [-0.1, -0.05) is 50.8 Å². The molecule has 0 fully saturated rings. The van der Waals surface area contributed by atoms with Crippen LogP contribution in [0.4, 0.5) is 13.2 Å². The first kappa shape index (κ1) is 17.0. The molecule has 0 saturated carbocycles. The van der Waals surface area contributed by atoms with Crippen LogP contribution in [-0.4, -0.2) is 6.04 Å². The Morgan fingerprint density at radius 2 is 1.90 bits per heavy atom. The third kappa shape index (κ3) is 6.42. The maximum absolute atomic E-state index is 12.6. The Hall–Kier alpha value is -1.03. The quantitative estimate of drug-likeness (QED) is 0.652. The molecule has 0 amide bonds. The predicted octanol–water partition coefficient (Wildman–Crippen LogP) is 5.15. The molecule has 1 aromatic rings. The van der Waals surface area contributed by atoms with Crippen LogP contribution in [0.2, 0.25) is 0 Å². The van der Waals surface area contributed by atoms with E-state index < -0.39 is 11.7 Å². The smallest absolute Gasteiger partial charge is 0.310 e. The lowest BCUT2D eigenvalue weighted by atomic mass is 10.1. The van der Waals surface area contributed by atoms with E-state index in [1.54, 1.807) is 6.07 Å². The Balaban J connectivity index is 2.38. The highest BCUT2D eigenvalue weighted by Gasteiger charge is 2.30. The monoisotopic (exact) mass is 287 g/mol. The van der Waals surface area contributed by atoms with Gasteiger partial charge in [-0.2, -0.15) is 13.2 Å². The fourth-order valence-electron chi connectivity index (χ4n) is 2.13. The van der Waals surface area contributed by atoms with Crippen molar-refractivity contribution in [1.82, 2.24) is 5.32 Å². The van der Waals surface area contributed by atoms with Crippen molar-refractivity contribution in [2.45, 2.75) is 64.7 Å². The van der Waals surface area contributed by atoms with E-state index in [-0.39, 0.29) is 0 Å². The molecule has 1 nitrogen and oxygen atoms in total. The summed E-state index contributed by atoms with van der Waals surface area (Å²) in [5.41, 5.74) is 0.104. The van der Waals surface area contributed by atoms with Crippen molar-refractivity contribution in [3.8, 4) is 0 Å². The Labute approximate surface area is 119 Å². The lowest BCUT2D eigenvalue weighted by Crippen LogP contribution is -2.25. The van der Waals surface area contributed by atoms with E-state index in [1.165, 1.54) is 37.8 Å². The standard InChI is InChI=1S/C16H24F3N/c1-3-4-5-6-8-13(2)20-12-14-9-7-10-15(11-14)16(17,18)19/h7,9-11,13,20H,3-6,8,12H2,1-2H3. The summed E-state index contributed by atoms with van der Waals surface area (Å²) >= 11 is 0. The van der Waals surface area contributed by atoms with E-state index in [2.05, 4.69) is 19.2 Å². The number of hydrogen-bond acceptors (Lipinski definition) is 1. The van der Waals surface area contributed by atoms with E-state index in [0.29, 0.717) is 18.2 Å². The summed E-state index contributed by atoms with van der Waals surface area (Å²) < 4.78 is 37.8. The Bertz CT molecular complexity index is 388. The van der Waals surface area contributed by atoms with E-state index in [0.717, 1.165) is 12.5 Å². The minimum Gasteiger partial charge on any atom is -0.310 e. The Kier molecular flexibility index (Phi) is 7.06. The molecule has 4 heteroatoms. The molecule has 0 aromatic heterocycles. The van der Waals surface area contributed by atoms with E-state index in [4.69, 9.17) is 0 Å². The van der Waals surface area contributed by atoms with Gasteiger partial charge >= 0.3 is 6.18 Å². The molecule has 0 heterocycles. The van der Waals surface area contributed by atoms with Gasteiger partial charge in [0.05, 0.1) is 5.56 Å². The van der Waals surface area contributed by atoms with Crippen LogP contribution in [0.25, 0.3) is 0 Å². The van der Waals surface area contributed by atoms with Crippen LogP contribution in [0, 0.1) is 0 Å². The average Bonchev–Trinajstić information content (AvgIpc) is 2.41. The molecule has 20 heavy (non-hydrogen) atoms. The van der Waals surface area contributed by atoms with Gasteiger partial charge in [0.15, 0.2) is 0 Å². The van der Waals surface area contributed by atoms with Crippen molar-refractivity contribution in [2.24, 2.45) is 0 Å². The summed E-state index contributed by atoms with van der Waals surface area (Å²) in [6.07, 6.45) is 1.67. The maximum Gasteiger partial charge on any atom is 0.416 e. The minimum atomic E-state index is -4.26. The number of rotatable bonds is 8. The molecular formula is C16H24F3N.